The number of benzene rings is 1. The molecule has 0 atom stereocenters. The van der Waals surface area contributed by atoms with Crippen LogP contribution in [0.4, 0.5) is 4.39 Å². The highest BCUT2D eigenvalue weighted by atomic mass is 19.1. The molecule has 6 nitrogen and oxygen atoms in total. The molecule has 1 fully saturated rings. The first kappa shape index (κ1) is 17.1. The normalized spacial score (nSPS) is 14.0. The number of nitrogens with zero attached hydrogens (tertiary/aromatic N) is 3. The molecule has 0 aliphatic carbocycles. The van der Waals surface area contributed by atoms with E-state index < -0.39 is 0 Å². The Kier molecular flexibility index (Phi) is 4.83. The number of likely N-dealkylation sites (tertiary alicyclic amines) is 1. The van der Waals surface area contributed by atoms with Crippen molar-refractivity contribution in [3.8, 4) is 5.69 Å². The molecule has 3 rings (SSSR count). The summed E-state index contributed by atoms with van der Waals surface area (Å²) in [5, 5.41) is 7.06. The van der Waals surface area contributed by atoms with Gasteiger partial charge in [0.2, 0.25) is 5.91 Å². The fourth-order valence-corrected chi connectivity index (χ4v) is 3.13. The lowest BCUT2D eigenvalue weighted by molar-refractivity contribution is -0.129. The molecular weight excluding hydrogens is 323 g/mol. The Morgan fingerprint density at radius 3 is 2.44 bits per heavy atom. The van der Waals surface area contributed by atoms with Crippen LogP contribution in [0.5, 0.6) is 0 Å². The Labute approximate surface area is 145 Å². The van der Waals surface area contributed by atoms with Gasteiger partial charge in [0.1, 0.15) is 5.82 Å². The van der Waals surface area contributed by atoms with Gasteiger partial charge < -0.3 is 10.2 Å². The van der Waals surface area contributed by atoms with Gasteiger partial charge in [-0.25, -0.2) is 9.07 Å². The zero-order chi connectivity index (χ0) is 18.0. The minimum absolute atomic E-state index is 0.0144. The third-order valence-electron chi connectivity index (χ3n) is 4.45. The van der Waals surface area contributed by atoms with Crippen LogP contribution in [0.2, 0.25) is 0 Å². The summed E-state index contributed by atoms with van der Waals surface area (Å²) in [6, 6.07) is 5.90. The van der Waals surface area contributed by atoms with E-state index in [1.165, 1.54) is 12.1 Å². The van der Waals surface area contributed by atoms with Gasteiger partial charge in [0.25, 0.3) is 5.91 Å². The number of halogens is 1. The van der Waals surface area contributed by atoms with Gasteiger partial charge in [-0.3, -0.25) is 9.59 Å². The molecule has 1 aromatic heterocycles. The summed E-state index contributed by atoms with van der Waals surface area (Å²) in [6.07, 6.45) is 2.03. The van der Waals surface area contributed by atoms with Crippen LogP contribution in [0.1, 0.15) is 34.6 Å². The summed E-state index contributed by atoms with van der Waals surface area (Å²) in [5.41, 5.74) is 2.33. The highest BCUT2D eigenvalue weighted by Crippen LogP contribution is 2.18. The lowest BCUT2D eigenvalue weighted by Gasteiger charge is -2.15. The average molecular weight is 344 g/mol. The van der Waals surface area contributed by atoms with Crippen molar-refractivity contribution in [3.63, 3.8) is 0 Å². The van der Waals surface area contributed by atoms with Crippen LogP contribution >= 0.6 is 0 Å². The van der Waals surface area contributed by atoms with E-state index in [4.69, 9.17) is 0 Å². The Balaban J connectivity index is 1.74. The molecule has 7 heteroatoms. The summed E-state index contributed by atoms with van der Waals surface area (Å²) in [7, 11) is 0. The Hall–Kier alpha value is -2.70. The van der Waals surface area contributed by atoms with Crippen molar-refractivity contribution in [1.29, 1.82) is 0 Å². The van der Waals surface area contributed by atoms with Crippen molar-refractivity contribution in [2.24, 2.45) is 0 Å². The molecule has 0 spiro atoms. The summed E-state index contributed by atoms with van der Waals surface area (Å²) in [4.78, 5) is 26.3. The van der Waals surface area contributed by atoms with E-state index in [2.05, 4.69) is 10.4 Å². The van der Waals surface area contributed by atoms with E-state index in [9.17, 15) is 14.0 Å². The highest BCUT2D eigenvalue weighted by molar-refractivity contribution is 5.98. The van der Waals surface area contributed by atoms with E-state index in [0.29, 0.717) is 22.6 Å². The van der Waals surface area contributed by atoms with Gasteiger partial charge in [0.15, 0.2) is 0 Å². The Bertz CT molecular complexity index is 792. The monoisotopic (exact) mass is 344 g/mol. The number of amides is 2. The number of hydrogen-bond acceptors (Lipinski definition) is 3. The molecule has 2 aromatic rings. The number of carbonyl (C=O) groups is 2. The minimum Gasteiger partial charge on any atom is -0.343 e. The zero-order valence-corrected chi connectivity index (χ0v) is 14.4. The van der Waals surface area contributed by atoms with Gasteiger partial charge >= 0.3 is 0 Å². The fraction of sp³-hybridized carbons (Fsp3) is 0.389. The SMILES string of the molecule is Cc1nn(-c2ccc(F)cc2)c(C)c1C(=O)NCC(=O)N1CCCC1. The number of nitrogens with one attached hydrogen (secondary N) is 1. The summed E-state index contributed by atoms with van der Waals surface area (Å²) in [6.45, 7) is 5.02. The second kappa shape index (κ2) is 7.04. The predicted molar refractivity (Wildman–Crippen MR) is 91.1 cm³/mol. The minimum atomic E-state index is -0.330. The molecule has 1 N–H and O–H groups in total. The average Bonchev–Trinajstić information content (AvgIpc) is 3.22. The molecule has 1 aliphatic heterocycles. The maximum atomic E-state index is 13.1. The van der Waals surface area contributed by atoms with Gasteiger partial charge in [0.05, 0.1) is 29.2 Å². The van der Waals surface area contributed by atoms with Crippen LogP contribution in [-0.2, 0) is 4.79 Å². The lowest BCUT2D eigenvalue weighted by atomic mass is 10.2. The second-order valence-electron chi connectivity index (χ2n) is 6.20. The Morgan fingerprint density at radius 2 is 1.80 bits per heavy atom. The van der Waals surface area contributed by atoms with Crippen LogP contribution in [0, 0.1) is 19.7 Å². The molecule has 0 radical (unpaired) electrons. The summed E-state index contributed by atoms with van der Waals surface area (Å²) >= 11 is 0. The highest BCUT2D eigenvalue weighted by Gasteiger charge is 2.22. The smallest absolute Gasteiger partial charge is 0.255 e. The van der Waals surface area contributed by atoms with E-state index in [1.807, 2.05) is 0 Å². The molecule has 0 saturated carbocycles. The van der Waals surface area contributed by atoms with Crippen LogP contribution in [-0.4, -0.2) is 46.1 Å². The molecule has 132 valence electrons. The first-order valence-corrected chi connectivity index (χ1v) is 8.35. The zero-order valence-electron chi connectivity index (χ0n) is 14.4. The van der Waals surface area contributed by atoms with Crippen molar-refractivity contribution in [3.05, 3.63) is 47.0 Å². The van der Waals surface area contributed by atoms with Crippen molar-refractivity contribution < 1.29 is 14.0 Å². The van der Waals surface area contributed by atoms with Gasteiger partial charge in [0, 0.05) is 13.1 Å². The molecule has 1 aromatic carbocycles. The molecule has 1 saturated heterocycles. The van der Waals surface area contributed by atoms with Crippen LogP contribution in [0.3, 0.4) is 0 Å². The van der Waals surface area contributed by atoms with Crippen LogP contribution in [0.15, 0.2) is 24.3 Å². The van der Waals surface area contributed by atoms with Gasteiger partial charge in [-0.15, -0.1) is 0 Å². The van der Waals surface area contributed by atoms with Crippen LogP contribution in [0.25, 0.3) is 5.69 Å². The molecular formula is C18H21FN4O2. The first-order valence-electron chi connectivity index (χ1n) is 8.35. The van der Waals surface area contributed by atoms with Crippen LogP contribution < -0.4 is 5.32 Å². The maximum absolute atomic E-state index is 13.1. The maximum Gasteiger partial charge on any atom is 0.255 e. The van der Waals surface area contributed by atoms with E-state index in [0.717, 1.165) is 25.9 Å². The predicted octanol–water partition coefficient (Wildman–Crippen LogP) is 1.98. The number of hydrogen-bond donors (Lipinski definition) is 1. The molecule has 2 amide bonds. The third-order valence-corrected chi connectivity index (χ3v) is 4.45. The van der Waals surface area contributed by atoms with E-state index in [-0.39, 0.29) is 24.2 Å². The largest absolute Gasteiger partial charge is 0.343 e. The van der Waals surface area contributed by atoms with Gasteiger partial charge in [-0.05, 0) is 51.0 Å². The molecule has 2 heterocycles. The standard InChI is InChI=1S/C18H21FN4O2/c1-12-17(18(25)20-11-16(24)22-9-3-4-10-22)13(2)23(21-12)15-7-5-14(19)6-8-15/h5-8H,3-4,9-11H2,1-2H3,(H,20,25). The summed E-state index contributed by atoms with van der Waals surface area (Å²) < 4.78 is 14.7. The van der Waals surface area contributed by atoms with Crippen molar-refractivity contribution in [1.82, 2.24) is 20.0 Å². The summed E-state index contributed by atoms with van der Waals surface area (Å²) in [5.74, 6) is -0.716. The molecule has 0 bridgehead atoms. The first-order chi connectivity index (χ1) is 12.0. The lowest BCUT2D eigenvalue weighted by Crippen LogP contribution is -2.38. The second-order valence-corrected chi connectivity index (χ2v) is 6.20. The number of carbonyl (C=O) groups excluding carboxylic acids is 2. The number of aromatic nitrogens is 2. The van der Waals surface area contributed by atoms with Crippen molar-refractivity contribution >= 4 is 11.8 Å². The number of rotatable bonds is 4. The quantitative estimate of drug-likeness (QED) is 0.922. The van der Waals surface area contributed by atoms with E-state index in [1.54, 1.807) is 35.6 Å². The Morgan fingerprint density at radius 1 is 1.16 bits per heavy atom. The molecule has 1 aliphatic rings. The fourth-order valence-electron chi connectivity index (χ4n) is 3.13. The topological polar surface area (TPSA) is 67.2 Å². The molecule has 25 heavy (non-hydrogen) atoms. The third kappa shape index (κ3) is 3.55. The number of aryl methyl sites for hydroxylation is 1. The van der Waals surface area contributed by atoms with Crippen molar-refractivity contribution in [2.75, 3.05) is 19.6 Å². The van der Waals surface area contributed by atoms with Gasteiger partial charge in [-0.2, -0.15) is 5.10 Å². The van der Waals surface area contributed by atoms with Crippen molar-refractivity contribution in [2.45, 2.75) is 26.7 Å². The molecule has 0 unspecified atom stereocenters. The van der Waals surface area contributed by atoms with Gasteiger partial charge in [-0.1, -0.05) is 0 Å². The van der Waals surface area contributed by atoms with E-state index >= 15 is 0 Å².